The number of aromatic nitrogens is 2. The van der Waals surface area contributed by atoms with Gasteiger partial charge in [0.15, 0.2) is 0 Å². The molecule has 0 unspecified atom stereocenters. The van der Waals surface area contributed by atoms with Crippen molar-refractivity contribution in [2.45, 2.75) is 31.2 Å². The number of amides is 1. The minimum absolute atomic E-state index is 0. The van der Waals surface area contributed by atoms with Crippen LogP contribution in [-0.2, 0) is 15.1 Å². The molecule has 9 heteroatoms. The highest BCUT2D eigenvalue weighted by atomic mass is 35.5. The van der Waals surface area contributed by atoms with E-state index in [0.717, 1.165) is 84.7 Å². The Labute approximate surface area is 180 Å². The summed E-state index contributed by atoms with van der Waals surface area (Å²) < 4.78 is 7.36. The Hall–Kier alpha value is -0.860. The molecule has 1 aromatic heterocycles. The number of carbonyl (C=O) groups excluding carboxylic acids is 1. The van der Waals surface area contributed by atoms with Gasteiger partial charge in [0.2, 0.25) is 0 Å². The molecule has 0 bridgehead atoms. The summed E-state index contributed by atoms with van der Waals surface area (Å²) in [6.07, 6.45) is 7.59. The highest BCUT2D eigenvalue weighted by molar-refractivity contribution is 5.86. The van der Waals surface area contributed by atoms with Crippen LogP contribution in [0.2, 0.25) is 0 Å². The summed E-state index contributed by atoms with van der Waals surface area (Å²) in [5, 5.41) is 7.83. The number of nitrogens with zero attached hydrogens (tertiary/aromatic N) is 4. The molecule has 1 aromatic rings. The van der Waals surface area contributed by atoms with Gasteiger partial charge in [0, 0.05) is 45.1 Å². The largest absolute Gasteiger partial charge is 0.379 e. The first-order valence-electron chi connectivity index (χ1n) is 10.1. The van der Waals surface area contributed by atoms with Gasteiger partial charge in [-0.15, -0.1) is 24.8 Å². The molecular formula is C19H33Cl2N5O2. The molecule has 3 saturated heterocycles. The smallest absolute Gasteiger partial charge is 0.250 e. The number of likely N-dealkylation sites (tertiary alicyclic amines) is 1. The van der Waals surface area contributed by atoms with Crippen LogP contribution in [0.3, 0.4) is 0 Å². The van der Waals surface area contributed by atoms with Crippen molar-refractivity contribution in [2.75, 3.05) is 59.0 Å². The van der Waals surface area contributed by atoms with Gasteiger partial charge in [0.25, 0.3) is 5.91 Å². The van der Waals surface area contributed by atoms with Crippen molar-refractivity contribution >= 4 is 30.7 Å². The van der Waals surface area contributed by atoms with Crippen LogP contribution in [0.4, 0.5) is 0 Å². The minimum Gasteiger partial charge on any atom is -0.379 e. The first kappa shape index (κ1) is 23.4. The molecule has 0 aromatic carbocycles. The van der Waals surface area contributed by atoms with Crippen molar-refractivity contribution in [1.82, 2.24) is 24.9 Å². The number of hydrogen-bond acceptors (Lipinski definition) is 5. The summed E-state index contributed by atoms with van der Waals surface area (Å²) in [4.78, 5) is 18.1. The van der Waals surface area contributed by atoms with Gasteiger partial charge in [-0.1, -0.05) is 0 Å². The average Bonchev–Trinajstić information content (AvgIpc) is 3.25. The van der Waals surface area contributed by atoms with Gasteiger partial charge in [-0.2, -0.15) is 5.10 Å². The lowest BCUT2D eigenvalue weighted by Crippen LogP contribution is -2.57. The Morgan fingerprint density at radius 3 is 2.39 bits per heavy atom. The zero-order chi connectivity index (χ0) is 17.8. The van der Waals surface area contributed by atoms with Gasteiger partial charge in [0.1, 0.15) is 5.54 Å². The van der Waals surface area contributed by atoms with E-state index >= 15 is 0 Å². The van der Waals surface area contributed by atoms with Crippen LogP contribution < -0.4 is 5.32 Å². The van der Waals surface area contributed by atoms with Crippen molar-refractivity contribution in [1.29, 1.82) is 0 Å². The molecule has 160 valence electrons. The summed E-state index contributed by atoms with van der Waals surface area (Å²) in [5.74, 6) is 0.971. The second-order valence-electron chi connectivity index (χ2n) is 7.88. The quantitative estimate of drug-likeness (QED) is 0.776. The van der Waals surface area contributed by atoms with E-state index in [1.807, 2.05) is 16.9 Å². The standard InChI is InChI=1S/C19H31N5O2.2ClH/c25-18(19(4-7-20-8-5-19)24-9-1-6-21-24)23-10-2-17(3-11-23)16-22-12-14-26-15-13-22;;/h1,6,9,17,20H,2-5,7-8,10-16H2;2*1H. The second-order valence-corrected chi connectivity index (χ2v) is 7.88. The fourth-order valence-electron chi connectivity index (χ4n) is 4.67. The number of carbonyl (C=O) groups is 1. The van der Waals surface area contributed by atoms with Crippen LogP contribution >= 0.6 is 24.8 Å². The normalized spacial score (nSPS) is 23.5. The van der Waals surface area contributed by atoms with E-state index < -0.39 is 5.54 Å². The number of hydrogen-bond donors (Lipinski definition) is 1. The van der Waals surface area contributed by atoms with E-state index in [2.05, 4.69) is 20.2 Å². The van der Waals surface area contributed by atoms with Gasteiger partial charge < -0.3 is 15.0 Å². The Morgan fingerprint density at radius 1 is 1.11 bits per heavy atom. The van der Waals surface area contributed by atoms with E-state index in [9.17, 15) is 4.79 Å². The van der Waals surface area contributed by atoms with Crippen LogP contribution in [0.15, 0.2) is 18.5 Å². The van der Waals surface area contributed by atoms with E-state index in [4.69, 9.17) is 4.74 Å². The van der Waals surface area contributed by atoms with Gasteiger partial charge in [-0.3, -0.25) is 14.4 Å². The van der Waals surface area contributed by atoms with Crippen molar-refractivity contribution in [3.05, 3.63) is 18.5 Å². The van der Waals surface area contributed by atoms with Crippen molar-refractivity contribution in [2.24, 2.45) is 5.92 Å². The lowest BCUT2D eigenvalue weighted by atomic mass is 9.85. The van der Waals surface area contributed by atoms with Gasteiger partial charge in [0.05, 0.1) is 13.2 Å². The summed E-state index contributed by atoms with van der Waals surface area (Å²) >= 11 is 0. The fraction of sp³-hybridized carbons (Fsp3) is 0.789. The highest BCUT2D eigenvalue weighted by Crippen LogP contribution is 2.31. The molecule has 0 spiro atoms. The molecule has 0 aliphatic carbocycles. The van der Waals surface area contributed by atoms with Crippen LogP contribution in [0, 0.1) is 5.92 Å². The van der Waals surface area contributed by atoms with Crippen molar-refractivity contribution in [3.8, 4) is 0 Å². The van der Waals surface area contributed by atoms with Crippen LogP contribution in [0.5, 0.6) is 0 Å². The molecule has 1 N–H and O–H groups in total. The topological polar surface area (TPSA) is 62.6 Å². The number of halogens is 2. The lowest BCUT2D eigenvalue weighted by molar-refractivity contribution is -0.144. The number of rotatable bonds is 4. The molecule has 0 radical (unpaired) electrons. The van der Waals surface area contributed by atoms with Crippen LogP contribution in [0.1, 0.15) is 25.7 Å². The molecule has 7 nitrogen and oxygen atoms in total. The van der Waals surface area contributed by atoms with Gasteiger partial charge in [-0.05, 0) is 50.8 Å². The maximum atomic E-state index is 13.5. The van der Waals surface area contributed by atoms with Crippen molar-refractivity contribution in [3.63, 3.8) is 0 Å². The van der Waals surface area contributed by atoms with E-state index in [1.165, 1.54) is 0 Å². The number of nitrogens with one attached hydrogen (secondary N) is 1. The SMILES string of the molecule is Cl.Cl.O=C(N1CCC(CN2CCOCC2)CC1)C1(n2cccn2)CCNCC1. The van der Waals surface area contributed by atoms with Gasteiger partial charge >= 0.3 is 0 Å². The zero-order valence-corrected chi connectivity index (χ0v) is 18.1. The summed E-state index contributed by atoms with van der Waals surface area (Å²) in [6, 6.07) is 1.92. The molecule has 0 atom stereocenters. The third kappa shape index (κ3) is 5.00. The predicted molar refractivity (Wildman–Crippen MR) is 113 cm³/mol. The molecule has 3 aliphatic rings. The second kappa shape index (κ2) is 10.8. The summed E-state index contributed by atoms with van der Waals surface area (Å²) in [6.45, 7) is 8.48. The first-order valence-corrected chi connectivity index (χ1v) is 10.1. The monoisotopic (exact) mass is 433 g/mol. The number of piperidine rings is 2. The van der Waals surface area contributed by atoms with E-state index in [0.29, 0.717) is 5.92 Å². The van der Waals surface area contributed by atoms with Gasteiger partial charge in [-0.25, -0.2) is 0 Å². The van der Waals surface area contributed by atoms with Crippen LogP contribution in [-0.4, -0.2) is 84.5 Å². The first-order chi connectivity index (χ1) is 12.8. The molecule has 3 aliphatic heterocycles. The molecule has 0 saturated carbocycles. The Kier molecular flexibility index (Phi) is 9.02. The highest BCUT2D eigenvalue weighted by Gasteiger charge is 2.45. The maximum absolute atomic E-state index is 13.5. The Balaban J connectivity index is 0.00000140. The van der Waals surface area contributed by atoms with Crippen LogP contribution in [0.25, 0.3) is 0 Å². The van der Waals surface area contributed by atoms with E-state index in [1.54, 1.807) is 6.20 Å². The molecule has 28 heavy (non-hydrogen) atoms. The number of morpholine rings is 1. The number of ether oxygens (including phenoxy) is 1. The fourth-order valence-corrected chi connectivity index (χ4v) is 4.67. The molecule has 4 rings (SSSR count). The molecule has 3 fully saturated rings. The van der Waals surface area contributed by atoms with E-state index in [-0.39, 0.29) is 30.7 Å². The third-order valence-corrected chi connectivity index (χ3v) is 6.29. The van der Waals surface area contributed by atoms with Crippen molar-refractivity contribution < 1.29 is 9.53 Å². The Morgan fingerprint density at radius 2 is 1.79 bits per heavy atom. The average molecular weight is 434 g/mol. The minimum atomic E-state index is -0.494. The lowest BCUT2D eigenvalue weighted by Gasteiger charge is -2.43. The molecular weight excluding hydrogens is 401 g/mol. The summed E-state index contributed by atoms with van der Waals surface area (Å²) in [7, 11) is 0. The molecule has 4 heterocycles. The predicted octanol–water partition coefficient (Wildman–Crippen LogP) is 1.38. The summed E-state index contributed by atoms with van der Waals surface area (Å²) in [5.41, 5.74) is -0.494. The maximum Gasteiger partial charge on any atom is 0.250 e. The zero-order valence-electron chi connectivity index (χ0n) is 16.4. The Bertz CT molecular complexity index is 581. The third-order valence-electron chi connectivity index (χ3n) is 6.29. The molecule has 1 amide bonds.